The van der Waals surface area contributed by atoms with Crippen LogP contribution in [0.25, 0.3) is 0 Å². The number of allylic oxidation sites excluding steroid dienone is 4. The molecule has 1 nitrogen and oxygen atoms in total. The number of hydrogen-bond acceptors (Lipinski definition) is 1. The minimum absolute atomic E-state index is 0.135. The summed E-state index contributed by atoms with van der Waals surface area (Å²) >= 11 is 62.2. The van der Waals surface area contributed by atoms with Gasteiger partial charge in [-0.05, 0) is 0 Å². The predicted octanol–water partition coefficient (Wildman–Crippen LogP) is 6.06. The molecule has 11 heteroatoms. The molecule has 1 saturated carbocycles. The van der Waals surface area contributed by atoms with Crippen LogP contribution < -0.4 is 0 Å². The van der Waals surface area contributed by atoms with E-state index >= 15 is 0 Å². The van der Waals surface area contributed by atoms with Crippen molar-refractivity contribution >= 4 is 122 Å². The number of Topliss-reactive ketones (excluding diaryl/α,β-unsaturated/α-hetero) is 1. The van der Waals surface area contributed by atoms with Crippen LogP contribution in [0.3, 0.4) is 0 Å². The molecule has 2 unspecified atom stereocenters. The summed E-state index contributed by atoms with van der Waals surface area (Å²) in [5.74, 6) is -0.704. The highest BCUT2D eigenvalue weighted by Gasteiger charge is 2.90. The van der Waals surface area contributed by atoms with E-state index in [9.17, 15) is 4.79 Å². The van der Waals surface area contributed by atoms with Crippen molar-refractivity contribution in [1.29, 1.82) is 0 Å². The van der Waals surface area contributed by atoms with E-state index in [2.05, 4.69) is 0 Å². The lowest BCUT2D eigenvalue weighted by Gasteiger charge is -2.42. The number of rotatable bonds is 0. The van der Waals surface area contributed by atoms with Gasteiger partial charge in [0.2, 0.25) is 0 Å². The molecule has 3 rings (SSSR count). The maximum Gasteiger partial charge on any atom is 0.193 e. The second-order valence-electron chi connectivity index (χ2n) is 4.75. The Bertz CT molecular complexity index is 673. The van der Waals surface area contributed by atoms with Crippen molar-refractivity contribution in [2.24, 2.45) is 0 Å². The number of ketones is 1. The second-order valence-corrected chi connectivity index (χ2v) is 10.6. The quantitative estimate of drug-likeness (QED) is 0.377. The summed E-state index contributed by atoms with van der Waals surface area (Å²) in [6.45, 7) is 0. The zero-order valence-electron chi connectivity index (χ0n) is 9.19. The van der Waals surface area contributed by atoms with Gasteiger partial charge >= 0.3 is 0 Å². The van der Waals surface area contributed by atoms with Gasteiger partial charge in [-0.3, -0.25) is 4.79 Å². The monoisotopic (exact) mass is 486 g/mol. The minimum atomic E-state index is -2.24. The van der Waals surface area contributed by atoms with Gasteiger partial charge in [-0.25, -0.2) is 0 Å². The SMILES string of the molecule is O=C1C2=C3C(Cl)(Cl)C(Cl)(Cl)C(Cl)(Cl)C3(Cl)C1(Cl)C(Cl)=C2Cl. The van der Waals surface area contributed by atoms with Gasteiger partial charge in [-0.2, -0.15) is 0 Å². The average Bonchev–Trinajstić information content (AvgIpc) is 2.68. The molecule has 116 valence electrons. The molecule has 0 aromatic carbocycles. The van der Waals surface area contributed by atoms with E-state index < -0.39 is 28.5 Å². The van der Waals surface area contributed by atoms with Gasteiger partial charge in [0, 0.05) is 11.1 Å². The first-order valence-electron chi connectivity index (χ1n) is 5.09. The van der Waals surface area contributed by atoms with Crippen LogP contribution in [-0.4, -0.2) is 28.5 Å². The van der Waals surface area contributed by atoms with Crippen molar-refractivity contribution in [3.63, 3.8) is 0 Å². The summed E-state index contributed by atoms with van der Waals surface area (Å²) in [4.78, 5) is 8.37. The Morgan fingerprint density at radius 1 is 0.762 bits per heavy atom. The zero-order valence-corrected chi connectivity index (χ0v) is 16.7. The fraction of sp³-hybridized carbons (Fsp3) is 0.500. The van der Waals surface area contributed by atoms with Crippen molar-refractivity contribution in [1.82, 2.24) is 0 Å². The van der Waals surface area contributed by atoms with E-state index in [0.29, 0.717) is 0 Å². The van der Waals surface area contributed by atoms with Crippen LogP contribution in [0, 0.1) is 0 Å². The van der Waals surface area contributed by atoms with Crippen LogP contribution in [-0.2, 0) is 4.79 Å². The highest BCUT2D eigenvalue weighted by Crippen LogP contribution is 2.81. The lowest BCUT2D eigenvalue weighted by Crippen LogP contribution is -2.59. The fourth-order valence-corrected chi connectivity index (χ4v) is 7.02. The van der Waals surface area contributed by atoms with Gasteiger partial charge in [0.15, 0.2) is 23.7 Å². The van der Waals surface area contributed by atoms with Crippen molar-refractivity contribution < 1.29 is 4.79 Å². The van der Waals surface area contributed by atoms with E-state index in [1.807, 2.05) is 0 Å². The zero-order chi connectivity index (χ0) is 16.4. The maximum atomic E-state index is 12.5. The van der Waals surface area contributed by atoms with E-state index in [-0.39, 0.29) is 21.2 Å². The molecule has 0 N–H and O–H groups in total. The number of carbonyl (C=O) groups excluding carboxylic acids is 1. The van der Waals surface area contributed by atoms with Crippen LogP contribution in [0.15, 0.2) is 21.2 Å². The number of halogens is 10. The molecule has 2 atom stereocenters. The highest BCUT2D eigenvalue weighted by molar-refractivity contribution is 6.77. The van der Waals surface area contributed by atoms with Gasteiger partial charge in [0.05, 0.1) is 10.1 Å². The number of hydrogen-bond donors (Lipinski definition) is 0. The van der Waals surface area contributed by atoms with Crippen molar-refractivity contribution in [2.75, 3.05) is 0 Å². The molecule has 3 aliphatic carbocycles. The van der Waals surface area contributed by atoms with E-state index in [1.54, 1.807) is 0 Å². The lowest BCUT2D eigenvalue weighted by molar-refractivity contribution is -0.116. The van der Waals surface area contributed by atoms with E-state index in [4.69, 9.17) is 116 Å². The fourth-order valence-electron chi connectivity index (χ4n) is 2.83. The summed E-state index contributed by atoms with van der Waals surface area (Å²) in [6.07, 6.45) is 0. The first-order valence-corrected chi connectivity index (χ1v) is 8.87. The molecule has 1 fully saturated rings. The summed E-state index contributed by atoms with van der Waals surface area (Å²) in [6, 6.07) is 0. The molecule has 0 heterocycles. The first-order chi connectivity index (χ1) is 9.22. The van der Waals surface area contributed by atoms with Crippen molar-refractivity contribution in [3.05, 3.63) is 21.2 Å². The van der Waals surface area contributed by atoms with E-state index in [1.165, 1.54) is 0 Å². The molecule has 0 spiro atoms. The van der Waals surface area contributed by atoms with Gasteiger partial charge in [0.1, 0.15) is 4.87 Å². The minimum Gasteiger partial charge on any atom is -0.292 e. The van der Waals surface area contributed by atoms with Crippen LogP contribution in [0.2, 0.25) is 0 Å². The molecular weight excluding hydrogens is 491 g/mol. The summed E-state index contributed by atoms with van der Waals surface area (Å²) in [7, 11) is 0. The third-order valence-electron chi connectivity index (χ3n) is 3.86. The van der Waals surface area contributed by atoms with Crippen molar-refractivity contribution in [3.8, 4) is 0 Å². The number of carbonyl (C=O) groups is 1. The topological polar surface area (TPSA) is 17.1 Å². The Hall–Kier alpha value is 2.05. The van der Waals surface area contributed by atoms with Gasteiger partial charge in [-0.15, -0.1) is 23.2 Å². The molecule has 2 bridgehead atoms. The molecule has 21 heavy (non-hydrogen) atoms. The van der Waals surface area contributed by atoms with Crippen LogP contribution in [0.5, 0.6) is 0 Å². The number of fused-ring (bicyclic) bond motifs is 4. The smallest absolute Gasteiger partial charge is 0.193 e. The molecule has 0 amide bonds. The molecule has 3 aliphatic rings. The third kappa shape index (κ3) is 1.46. The normalized spacial score (nSPS) is 42.1. The Morgan fingerprint density at radius 3 is 1.71 bits per heavy atom. The Labute approximate surface area is 169 Å². The van der Waals surface area contributed by atoms with Gasteiger partial charge in [-0.1, -0.05) is 92.8 Å². The standard InChI is InChI=1S/C10Cl10O/c11-2-1-3-7(14,6(13,4(2)12)5(1)21)9(17,18)10(19,20)8(3,15)16. The predicted molar refractivity (Wildman–Crippen MR) is 91.2 cm³/mol. The Balaban J connectivity index is 2.52. The van der Waals surface area contributed by atoms with Crippen LogP contribution >= 0.6 is 116 Å². The number of alkyl halides is 8. The molecule has 0 aromatic rings. The Morgan fingerprint density at radius 2 is 1.24 bits per heavy atom. The largest absolute Gasteiger partial charge is 0.292 e. The first kappa shape index (κ1) is 17.9. The molecule has 0 aromatic heterocycles. The lowest BCUT2D eigenvalue weighted by atomic mass is 9.88. The van der Waals surface area contributed by atoms with Crippen LogP contribution in [0.1, 0.15) is 0 Å². The second kappa shape index (κ2) is 4.41. The van der Waals surface area contributed by atoms with Crippen molar-refractivity contribution in [2.45, 2.75) is 22.7 Å². The summed E-state index contributed by atoms with van der Waals surface area (Å²) < 4.78 is -6.53. The summed E-state index contributed by atoms with van der Waals surface area (Å²) in [5.41, 5.74) is -0.310. The highest BCUT2D eigenvalue weighted by atomic mass is 35.5. The molecular formula is C10Cl10O. The Kier molecular flexibility index (Phi) is 3.75. The molecule has 0 radical (unpaired) electrons. The molecule has 0 aliphatic heterocycles. The average molecular weight is 491 g/mol. The van der Waals surface area contributed by atoms with Crippen LogP contribution in [0.4, 0.5) is 0 Å². The maximum absolute atomic E-state index is 12.5. The summed E-state index contributed by atoms with van der Waals surface area (Å²) in [5, 5.41) is -0.366. The molecule has 0 saturated heterocycles. The van der Waals surface area contributed by atoms with E-state index in [0.717, 1.165) is 0 Å². The van der Waals surface area contributed by atoms with Gasteiger partial charge < -0.3 is 0 Å². The third-order valence-corrected chi connectivity index (χ3v) is 10.6. The van der Waals surface area contributed by atoms with Gasteiger partial charge in [0.25, 0.3) is 0 Å².